The van der Waals surface area contributed by atoms with Crippen LogP contribution in [0.25, 0.3) is 0 Å². The number of nitrogens with one attached hydrogen (secondary N) is 1. The van der Waals surface area contributed by atoms with Crippen molar-refractivity contribution in [2.75, 3.05) is 6.61 Å². The second kappa shape index (κ2) is 7.81. The van der Waals surface area contributed by atoms with Crippen LogP contribution in [-0.4, -0.2) is 24.5 Å². The Bertz CT molecular complexity index is 491. The number of amides is 1. The van der Waals surface area contributed by atoms with Gasteiger partial charge in [0, 0.05) is 6.04 Å². The van der Waals surface area contributed by atoms with E-state index in [9.17, 15) is 9.59 Å². The molecular weight excluding hydrogens is 266 g/mol. The molecule has 0 atom stereocenters. The van der Waals surface area contributed by atoms with Crippen molar-refractivity contribution < 1.29 is 14.3 Å². The average Bonchev–Trinajstić information content (AvgIpc) is 2.73. The largest absolute Gasteiger partial charge is 0.452 e. The number of benzene rings is 1. The van der Waals surface area contributed by atoms with Gasteiger partial charge in [0.2, 0.25) is 0 Å². The van der Waals surface area contributed by atoms with Gasteiger partial charge in [-0.2, -0.15) is 0 Å². The molecule has 0 saturated heterocycles. The lowest BCUT2D eigenvalue weighted by atomic mass is 10.1. The Kier molecular flexibility index (Phi) is 5.78. The third-order valence-corrected chi connectivity index (χ3v) is 3.81. The van der Waals surface area contributed by atoms with E-state index in [0.717, 1.165) is 31.2 Å². The summed E-state index contributed by atoms with van der Waals surface area (Å²) in [6, 6.07) is 7.40. The van der Waals surface area contributed by atoms with Crippen molar-refractivity contribution in [2.45, 2.75) is 51.5 Å². The molecule has 0 unspecified atom stereocenters. The standard InChI is InChI=1S/C17H23NO3/c1-13-7-6-8-14(11-13)17(20)21-12-16(19)18-15-9-4-2-3-5-10-15/h6-8,11,15H,2-5,9-10,12H2,1H3,(H,18,19). The van der Waals surface area contributed by atoms with Crippen molar-refractivity contribution in [2.24, 2.45) is 0 Å². The Labute approximate surface area is 125 Å². The summed E-state index contributed by atoms with van der Waals surface area (Å²) in [5.74, 6) is -0.655. The zero-order valence-electron chi connectivity index (χ0n) is 12.6. The van der Waals surface area contributed by atoms with E-state index in [4.69, 9.17) is 4.74 Å². The lowest BCUT2D eigenvalue weighted by Gasteiger charge is -2.16. The number of carbonyl (C=O) groups excluding carboxylic acids is 2. The van der Waals surface area contributed by atoms with E-state index in [1.165, 1.54) is 12.8 Å². The molecule has 4 nitrogen and oxygen atoms in total. The Morgan fingerprint density at radius 2 is 1.90 bits per heavy atom. The molecule has 0 radical (unpaired) electrons. The molecule has 0 bridgehead atoms. The number of rotatable bonds is 4. The Hall–Kier alpha value is -1.84. The molecule has 0 aliphatic heterocycles. The number of esters is 1. The highest BCUT2D eigenvalue weighted by Crippen LogP contribution is 2.17. The second-order valence-corrected chi connectivity index (χ2v) is 5.70. The fraction of sp³-hybridized carbons (Fsp3) is 0.529. The van der Waals surface area contributed by atoms with Crippen LogP contribution >= 0.6 is 0 Å². The zero-order valence-corrected chi connectivity index (χ0v) is 12.6. The third kappa shape index (κ3) is 5.21. The normalized spacial score (nSPS) is 16.0. The maximum Gasteiger partial charge on any atom is 0.338 e. The highest BCUT2D eigenvalue weighted by molar-refractivity contribution is 5.91. The fourth-order valence-corrected chi connectivity index (χ4v) is 2.68. The summed E-state index contributed by atoms with van der Waals surface area (Å²) in [6.07, 6.45) is 6.86. The molecular formula is C17H23NO3. The van der Waals surface area contributed by atoms with Crippen molar-refractivity contribution in [1.82, 2.24) is 5.32 Å². The van der Waals surface area contributed by atoms with Gasteiger partial charge in [-0.3, -0.25) is 4.79 Å². The number of carbonyl (C=O) groups is 2. The number of hydrogen-bond acceptors (Lipinski definition) is 3. The molecule has 1 aliphatic rings. The Balaban J connectivity index is 1.76. The van der Waals surface area contributed by atoms with Crippen molar-refractivity contribution in [3.63, 3.8) is 0 Å². The highest BCUT2D eigenvalue weighted by atomic mass is 16.5. The molecule has 1 aromatic rings. The predicted octanol–water partition coefficient (Wildman–Crippen LogP) is 2.99. The average molecular weight is 289 g/mol. The summed E-state index contributed by atoms with van der Waals surface area (Å²) < 4.78 is 5.07. The van der Waals surface area contributed by atoms with Crippen LogP contribution in [0.15, 0.2) is 24.3 Å². The molecule has 114 valence electrons. The summed E-state index contributed by atoms with van der Waals surface area (Å²) in [6.45, 7) is 1.71. The van der Waals surface area contributed by atoms with Crippen LogP contribution in [-0.2, 0) is 9.53 Å². The molecule has 21 heavy (non-hydrogen) atoms. The minimum atomic E-state index is -0.449. The van der Waals surface area contributed by atoms with Gasteiger partial charge in [0.05, 0.1) is 5.56 Å². The Morgan fingerprint density at radius 3 is 2.57 bits per heavy atom. The van der Waals surface area contributed by atoms with Gasteiger partial charge in [-0.15, -0.1) is 0 Å². The summed E-state index contributed by atoms with van der Waals surface area (Å²) in [5.41, 5.74) is 1.48. The van der Waals surface area contributed by atoms with E-state index < -0.39 is 5.97 Å². The van der Waals surface area contributed by atoms with Crippen LogP contribution in [0.4, 0.5) is 0 Å². The van der Waals surface area contributed by atoms with Crippen LogP contribution in [0, 0.1) is 6.92 Å². The first kappa shape index (κ1) is 15.5. The van der Waals surface area contributed by atoms with Crippen LogP contribution in [0.5, 0.6) is 0 Å². The van der Waals surface area contributed by atoms with E-state index in [1.807, 2.05) is 13.0 Å². The van der Waals surface area contributed by atoms with E-state index in [-0.39, 0.29) is 18.6 Å². The summed E-state index contributed by atoms with van der Waals surface area (Å²) in [4.78, 5) is 23.7. The number of ether oxygens (including phenoxy) is 1. The van der Waals surface area contributed by atoms with Gasteiger partial charge in [0.25, 0.3) is 5.91 Å². The minimum Gasteiger partial charge on any atom is -0.452 e. The maximum atomic E-state index is 11.8. The number of aryl methyl sites for hydroxylation is 1. The molecule has 0 spiro atoms. The summed E-state index contributed by atoms with van der Waals surface area (Å²) in [5, 5.41) is 2.96. The molecule has 1 N–H and O–H groups in total. The van der Waals surface area contributed by atoms with Gasteiger partial charge in [0.15, 0.2) is 6.61 Å². The van der Waals surface area contributed by atoms with Gasteiger partial charge >= 0.3 is 5.97 Å². The van der Waals surface area contributed by atoms with Gasteiger partial charge in [-0.1, -0.05) is 43.4 Å². The van der Waals surface area contributed by atoms with Crippen LogP contribution in [0.2, 0.25) is 0 Å². The van der Waals surface area contributed by atoms with Gasteiger partial charge in [0.1, 0.15) is 0 Å². The van der Waals surface area contributed by atoms with Crippen molar-refractivity contribution in [3.05, 3.63) is 35.4 Å². The topological polar surface area (TPSA) is 55.4 Å². The molecule has 1 amide bonds. The summed E-state index contributed by atoms with van der Waals surface area (Å²) >= 11 is 0. The van der Waals surface area contributed by atoms with Gasteiger partial charge < -0.3 is 10.1 Å². The predicted molar refractivity (Wildman–Crippen MR) is 81.1 cm³/mol. The zero-order chi connectivity index (χ0) is 15.1. The first-order valence-corrected chi connectivity index (χ1v) is 7.68. The quantitative estimate of drug-likeness (QED) is 0.685. The van der Waals surface area contributed by atoms with Crippen LogP contribution in [0.3, 0.4) is 0 Å². The van der Waals surface area contributed by atoms with Crippen LogP contribution < -0.4 is 5.32 Å². The van der Waals surface area contributed by atoms with Crippen molar-refractivity contribution in [3.8, 4) is 0 Å². The molecule has 1 saturated carbocycles. The third-order valence-electron chi connectivity index (χ3n) is 3.81. The molecule has 1 fully saturated rings. The van der Waals surface area contributed by atoms with Gasteiger partial charge in [-0.25, -0.2) is 4.79 Å². The molecule has 4 heteroatoms. The van der Waals surface area contributed by atoms with Gasteiger partial charge in [-0.05, 0) is 31.9 Å². The first-order chi connectivity index (χ1) is 10.1. The fourth-order valence-electron chi connectivity index (χ4n) is 2.68. The van der Waals surface area contributed by atoms with Crippen molar-refractivity contribution in [1.29, 1.82) is 0 Å². The lowest BCUT2D eigenvalue weighted by molar-refractivity contribution is -0.125. The highest BCUT2D eigenvalue weighted by Gasteiger charge is 2.16. The molecule has 0 heterocycles. The minimum absolute atomic E-state index is 0.205. The molecule has 0 aromatic heterocycles. The van der Waals surface area contributed by atoms with E-state index in [1.54, 1.807) is 18.2 Å². The molecule has 2 rings (SSSR count). The molecule has 1 aromatic carbocycles. The lowest BCUT2D eigenvalue weighted by Crippen LogP contribution is -2.37. The number of hydrogen-bond donors (Lipinski definition) is 1. The summed E-state index contributed by atoms with van der Waals surface area (Å²) in [7, 11) is 0. The van der Waals surface area contributed by atoms with Crippen molar-refractivity contribution >= 4 is 11.9 Å². The van der Waals surface area contributed by atoms with E-state index in [0.29, 0.717) is 5.56 Å². The Morgan fingerprint density at radius 1 is 1.19 bits per heavy atom. The maximum absolute atomic E-state index is 11.8. The van der Waals surface area contributed by atoms with E-state index in [2.05, 4.69) is 5.32 Å². The SMILES string of the molecule is Cc1cccc(C(=O)OCC(=O)NC2CCCCCC2)c1. The smallest absolute Gasteiger partial charge is 0.338 e. The second-order valence-electron chi connectivity index (χ2n) is 5.70. The first-order valence-electron chi connectivity index (χ1n) is 7.68. The molecule has 1 aliphatic carbocycles. The monoisotopic (exact) mass is 289 g/mol. The van der Waals surface area contributed by atoms with Crippen LogP contribution in [0.1, 0.15) is 54.4 Å². The van der Waals surface area contributed by atoms with E-state index >= 15 is 0 Å².